The van der Waals surface area contributed by atoms with Crippen molar-refractivity contribution < 1.29 is 9.47 Å². The van der Waals surface area contributed by atoms with Crippen molar-refractivity contribution in [3.63, 3.8) is 0 Å². The lowest BCUT2D eigenvalue weighted by molar-refractivity contribution is 0.391. The number of methoxy groups -OCH3 is 2. The average molecular weight is 283 g/mol. The molecule has 0 fully saturated rings. The van der Waals surface area contributed by atoms with Gasteiger partial charge in [-0.25, -0.2) is 0 Å². The van der Waals surface area contributed by atoms with Crippen LogP contribution in [0.25, 0.3) is 10.9 Å². The minimum absolute atomic E-state index is 0.673. The third kappa shape index (κ3) is 2.76. The summed E-state index contributed by atoms with van der Waals surface area (Å²) < 4.78 is 10.6. The molecule has 1 aromatic heterocycles. The standard InChI is InChI=1S/C16H17N3O2/c1-20-14-6-4-12(16(8-14)21-2)9-17-13-5-3-11-10-18-19-15(11)7-13/h3-8,10,17H,9H2,1-2H3,(H,18,19). The molecule has 5 nitrogen and oxygen atoms in total. The Balaban J connectivity index is 1.77. The van der Waals surface area contributed by atoms with Crippen LogP contribution in [0.1, 0.15) is 5.56 Å². The molecule has 3 aromatic rings. The molecule has 0 unspecified atom stereocenters. The van der Waals surface area contributed by atoms with Gasteiger partial charge in [0.05, 0.1) is 25.9 Å². The fraction of sp³-hybridized carbons (Fsp3) is 0.188. The molecule has 0 aliphatic heterocycles. The number of benzene rings is 2. The molecule has 0 amide bonds. The first-order valence-corrected chi connectivity index (χ1v) is 6.68. The maximum Gasteiger partial charge on any atom is 0.127 e. The third-order valence-electron chi connectivity index (χ3n) is 3.42. The van der Waals surface area contributed by atoms with Crippen LogP contribution in [0.5, 0.6) is 11.5 Å². The summed E-state index contributed by atoms with van der Waals surface area (Å²) in [6, 6.07) is 11.9. The highest BCUT2D eigenvalue weighted by atomic mass is 16.5. The Hall–Kier alpha value is -2.69. The zero-order valence-electron chi connectivity index (χ0n) is 12.0. The quantitative estimate of drug-likeness (QED) is 0.755. The van der Waals surface area contributed by atoms with Crippen molar-refractivity contribution in [1.82, 2.24) is 10.2 Å². The lowest BCUT2D eigenvalue weighted by atomic mass is 10.1. The summed E-state index contributed by atoms with van der Waals surface area (Å²) in [4.78, 5) is 0. The van der Waals surface area contributed by atoms with E-state index < -0.39 is 0 Å². The summed E-state index contributed by atoms with van der Waals surface area (Å²) in [7, 11) is 3.31. The van der Waals surface area contributed by atoms with Crippen molar-refractivity contribution >= 4 is 16.6 Å². The van der Waals surface area contributed by atoms with Gasteiger partial charge in [-0.15, -0.1) is 0 Å². The monoisotopic (exact) mass is 283 g/mol. The van der Waals surface area contributed by atoms with Gasteiger partial charge >= 0.3 is 0 Å². The second-order valence-electron chi connectivity index (χ2n) is 4.70. The number of aromatic nitrogens is 2. The number of nitrogens with zero attached hydrogens (tertiary/aromatic N) is 1. The van der Waals surface area contributed by atoms with Crippen LogP contribution in [0.4, 0.5) is 5.69 Å². The second-order valence-corrected chi connectivity index (χ2v) is 4.70. The molecule has 2 N–H and O–H groups in total. The van der Waals surface area contributed by atoms with E-state index in [1.165, 1.54) is 0 Å². The molecule has 0 aliphatic rings. The van der Waals surface area contributed by atoms with Gasteiger partial charge in [-0.3, -0.25) is 5.10 Å². The predicted octanol–water partition coefficient (Wildman–Crippen LogP) is 3.19. The van der Waals surface area contributed by atoms with Crippen LogP contribution in [0.15, 0.2) is 42.6 Å². The third-order valence-corrected chi connectivity index (χ3v) is 3.42. The molecule has 5 heteroatoms. The highest BCUT2D eigenvalue weighted by Crippen LogP contribution is 2.25. The summed E-state index contributed by atoms with van der Waals surface area (Å²) in [5.74, 6) is 1.60. The first-order valence-electron chi connectivity index (χ1n) is 6.68. The van der Waals surface area contributed by atoms with Gasteiger partial charge < -0.3 is 14.8 Å². The Morgan fingerprint density at radius 2 is 2.00 bits per heavy atom. The van der Waals surface area contributed by atoms with E-state index in [0.29, 0.717) is 6.54 Å². The highest BCUT2D eigenvalue weighted by Gasteiger charge is 2.05. The molecule has 1 heterocycles. The largest absolute Gasteiger partial charge is 0.497 e. The van der Waals surface area contributed by atoms with Crippen LogP contribution in [-0.2, 0) is 6.54 Å². The molecule has 0 saturated carbocycles. The van der Waals surface area contributed by atoms with Crippen LogP contribution in [-0.4, -0.2) is 24.4 Å². The summed E-state index contributed by atoms with van der Waals surface area (Å²) in [5, 5.41) is 11.5. The van der Waals surface area contributed by atoms with Gasteiger partial charge in [0.2, 0.25) is 0 Å². The molecule has 0 bridgehead atoms. The van der Waals surface area contributed by atoms with E-state index in [4.69, 9.17) is 9.47 Å². The molecular formula is C16H17N3O2. The number of aromatic amines is 1. The number of anilines is 1. The van der Waals surface area contributed by atoms with Gasteiger partial charge in [0.25, 0.3) is 0 Å². The van der Waals surface area contributed by atoms with Crippen LogP contribution >= 0.6 is 0 Å². The van der Waals surface area contributed by atoms with Crippen molar-refractivity contribution in [3.05, 3.63) is 48.2 Å². The van der Waals surface area contributed by atoms with Gasteiger partial charge in [0.1, 0.15) is 11.5 Å². The topological polar surface area (TPSA) is 59.2 Å². The van der Waals surface area contributed by atoms with Crippen LogP contribution < -0.4 is 14.8 Å². The normalized spacial score (nSPS) is 10.6. The van der Waals surface area contributed by atoms with E-state index in [9.17, 15) is 0 Å². The van der Waals surface area contributed by atoms with Crippen molar-refractivity contribution in [1.29, 1.82) is 0 Å². The van der Waals surface area contributed by atoms with Crippen molar-refractivity contribution in [2.24, 2.45) is 0 Å². The average Bonchev–Trinajstić information content (AvgIpc) is 3.00. The molecule has 0 atom stereocenters. The smallest absolute Gasteiger partial charge is 0.127 e. The number of fused-ring (bicyclic) bond motifs is 1. The Labute approximate surface area is 122 Å². The molecule has 3 rings (SSSR count). The van der Waals surface area contributed by atoms with E-state index in [-0.39, 0.29) is 0 Å². The Kier molecular flexibility index (Phi) is 3.64. The Morgan fingerprint density at radius 3 is 2.81 bits per heavy atom. The van der Waals surface area contributed by atoms with Gasteiger partial charge in [-0.1, -0.05) is 0 Å². The van der Waals surface area contributed by atoms with E-state index in [1.54, 1.807) is 14.2 Å². The number of ether oxygens (including phenoxy) is 2. The Bertz CT molecular complexity index is 752. The van der Waals surface area contributed by atoms with Crippen LogP contribution in [0.3, 0.4) is 0 Å². The number of hydrogen-bond donors (Lipinski definition) is 2. The van der Waals surface area contributed by atoms with Gasteiger partial charge in [-0.2, -0.15) is 5.10 Å². The lowest BCUT2D eigenvalue weighted by Gasteiger charge is -2.12. The van der Waals surface area contributed by atoms with Crippen molar-refractivity contribution in [2.75, 3.05) is 19.5 Å². The van der Waals surface area contributed by atoms with Gasteiger partial charge in [-0.05, 0) is 30.3 Å². The maximum absolute atomic E-state index is 5.40. The fourth-order valence-electron chi connectivity index (χ4n) is 2.24. The Morgan fingerprint density at radius 1 is 1.10 bits per heavy atom. The minimum atomic E-state index is 0.673. The summed E-state index contributed by atoms with van der Waals surface area (Å²) >= 11 is 0. The summed E-state index contributed by atoms with van der Waals surface area (Å²) in [6.07, 6.45) is 1.81. The molecule has 0 radical (unpaired) electrons. The van der Waals surface area contributed by atoms with Gasteiger partial charge in [0.15, 0.2) is 0 Å². The zero-order valence-corrected chi connectivity index (χ0v) is 12.0. The van der Waals surface area contributed by atoms with E-state index in [2.05, 4.69) is 15.5 Å². The molecule has 108 valence electrons. The molecule has 0 saturated heterocycles. The lowest BCUT2D eigenvalue weighted by Crippen LogP contribution is -2.02. The zero-order chi connectivity index (χ0) is 14.7. The van der Waals surface area contributed by atoms with E-state index >= 15 is 0 Å². The predicted molar refractivity (Wildman–Crippen MR) is 83.0 cm³/mol. The number of rotatable bonds is 5. The maximum atomic E-state index is 5.40. The molecule has 0 spiro atoms. The first kappa shape index (κ1) is 13.3. The molecular weight excluding hydrogens is 266 g/mol. The van der Waals surface area contributed by atoms with Gasteiger partial charge in [0, 0.05) is 29.2 Å². The summed E-state index contributed by atoms with van der Waals surface area (Å²) in [6.45, 7) is 0.673. The van der Waals surface area contributed by atoms with Crippen molar-refractivity contribution in [2.45, 2.75) is 6.54 Å². The van der Waals surface area contributed by atoms with Crippen LogP contribution in [0.2, 0.25) is 0 Å². The molecule has 0 aliphatic carbocycles. The number of nitrogens with one attached hydrogen (secondary N) is 2. The molecule has 21 heavy (non-hydrogen) atoms. The van der Waals surface area contributed by atoms with E-state index in [1.807, 2.05) is 42.6 Å². The highest BCUT2D eigenvalue weighted by molar-refractivity contribution is 5.81. The SMILES string of the molecule is COc1ccc(CNc2ccc3cn[nH]c3c2)c(OC)c1. The van der Waals surface area contributed by atoms with Crippen LogP contribution in [0, 0.1) is 0 Å². The number of H-pyrrole nitrogens is 1. The minimum Gasteiger partial charge on any atom is -0.497 e. The van der Waals surface area contributed by atoms with Crippen molar-refractivity contribution in [3.8, 4) is 11.5 Å². The second kappa shape index (κ2) is 5.75. The summed E-state index contributed by atoms with van der Waals surface area (Å²) in [5.41, 5.74) is 3.12. The fourth-order valence-corrected chi connectivity index (χ4v) is 2.24. The van der Waals surface area contributed by atoms with E-state index in [0.717, 1.165) is 33.7 Å². The number of hydrogen-bond acceptors (Lipinski definition) is 4. The molecule has 2 aromatic carbocycles. The first-order chi connectivity index (χ1) is 10.3.